The molecule has 1 saturated carbocycles. The zero-order chi connectivity index (χ0) is 22.5. The molecule has 172 valence electrons. The van der Waals surface area contributed by atoms with E-state index in [1.54, 1.807) is 6.33 Å². The highest BCUT2D eigenvalue weighted by molar-refractivity contribution is 5.84. The molecule has 0 radical (unpaired) electrons. The Hall–Kier alpha value is -2.93. The predicted molar refractivity (Wildman–Crippen MR) is 131 cm³/mol. The van der Waals surface area contributed by atoms with Gasteiger partial charge in [-0.3, -0.25) is 4.57 Å². The van der Waals surface area contributed by atoms with E-state index in [2.05, 4.69) is 52.0 Å². The first-order valence-corrected chi connectivity index (χ1v) is 12.3. The van der Waals surface area contributed by atoms with E-state index in [1.807, 2.05) is 15.3 Å². The fourth-order valence-corrected chi connectivity index (χ4v) is 6.16. The molecule has 1 aliphatic heterocycles. The van der Waals surface area contributed by atoms with Crippen molar-refractivity contribution in [3.05, 3.63) is 52.3 Å². The first-order valence-electron chi connectivity index (χ1n) is 12.3. The number of rotatable bonds is 4. The summed E-state index contributed by atoms with van der Waals surface area (Å²) in [6.07, 6.45) is 11.3. The molecule has 2 fully saturated rings. The molecule has 7 nitrogen and oxygen atoms in total. The van der Waals surface area contributed by atoms with Crippen LogP contribution in [-0.4, -0.2) is 48.7 Å². The van der Waals surface area contributed by atoms with E-state index in [0.29, 0.717) is 0 Å². The summed E-state index contributed by atoms with van der Waals surface area (Å²) in [4.78, 5) is 23.2. The van der Waals surface area contributed by atoms with E-state index in [-0.39, 0.29) is 11.7 Å². The Kier molecular flexibility index (Phi) is 5.09. The molecule has 33 heavy (non-hydrogen) atoms. The SMILES string of the molecule is Cc1cc2c(cc1-c1cc(C)c3ncnn3c1)[nH]c(=O)n2[C@@H]1CCCN(CC2CCCC2)C1. The van der Waals surface area contributed by atoms with Gasteiger partial charge in [0.25, 0.3) is 0 Å². The Bertz CT molecular complexity index is 1370. The minimum absolute atomic E-state index is 0.0113. The standard InChI is InChI=1S/C26H32N6O/c1-17-11-24-23(12-22(17)20-10-18(2)25-27-16-28-31(25)14-20)29-26(33)32(24)21-8-5-9-30(15-21)13-19-6-3-4-7-19/h10-12,14,16,19,21H,3-9,13,15H2,1-2H3,(H,29,33)/t21-/m1/s1. The number of piperidine rings is 1. The van der Waals surface area contributed by atoms with Crippen molar-refractivity contribution >= 4 is 16.7 Å². The third kappa shape index (κ3) is 3.68. The number of hydrogen-bond acceptors (Lipinski definition) is 4. The van der Waals surface area contributed by atoms with Crippen LogP contribution in [0.4, 0.5) is 0 Å². The van der Waals surface area contributed by atoms with Crippen LogP contribution < -0.4 is 5.69 Å². The lowest BCUT2D eigenvalue weighted by atomic mass is 9.99. The smallest absolute Gasteiger partial charge is 0.306 e. The molecule has 0 unspecified atom stereocenters. The molecule has 3 aromatic heterocycles. The number of benzene rings is 1. The first-order chi connectivity index (χ1) is 16.1. The van der Waals surface area contributed by atoms with Crippen LogP contribution in [-0.2, 0) is 0 Å². The van der Waals surface area contributed by atoms with Gasteiger partial charge in [0.05, 0.1) is 17.1 Å². The minimum Gasteiger partial charge on any atom is -0.306 e. The molecule has 4 aromatic rings. The third-order valence-electron chi connectivity index (χ3n) is 7.77. The fraction of sp³-hybridized carbons (Fsp3) is 0.500. The maximum absolute atomic E-state index is 13.1. The molecule has 0 amide bonds. The number of imidazole rings is 1. The van der Waals surface area contributed by atoms with Crippen molar-refractivity contribution in [2.24, 2.45) is 5.92 Å². The summed E-state index contributed by atoms with van der Waals surface area (Å²) in [5.74, 6) is 0.846. The topological polar surface area (TPSA) is 71.2 Å². The lowest BCUT2D eigenvalue weighted by Crippen LogP contribution is -2.41. The molecule has 1 aliphatic carbocycles. The van der Waals surface area contributed by atoms with Crippen LogP contribution in [0.25, 0.3) is 27.8 Å². The number of likely N-dealkylation sites (tertiary alicyclic amines) is 1. The van der Waals surface area contributed by atoms with E-state index >= 15 is 0 Å². The van der Waals surface area contributed by atoms with Crippen LogP contribution >= 0.6 is 0 Å². The largest absolute Gasteiger partial charge is 0.326 e. The highest BCUT2D eigenvalue weighted by Gasteiger charge is 2.27. The lowest BCUT2D eigenvalue weighted by molar-refractivity contribution is 0.155. The number of nitrogens with one attached hydrogen (secondary N) is 1. The van der Waals surface area contributed by atoms with Gasteiger partial charge in [-0.15, -0.1) is 0 Å². The summed E-state index contributed by atoms with van der Waals surface area (Å²) in [5, 5.41) is 4.32. The average Bonchev–Trinajstić information content (AvgIpc) is 3.53. The van der Waals surface area contributed by atoms with Gasteiger partial charge in [0, 0.05) is 24.8 Å². The van der Waals surface area contributed by atoms with Gasteiger partial charge >= 0.3 is 5.69 Å². The van der Waals surface area contributed by atoms with Crippen molar-refractivity contribution in [1.29, 1.82) is 0 Å². The minimum atomic E-state index is 0.0113. The Morgan fingerprint density at radius 1 is 1.06 bits per heavy atom. The Morgan fingerprint density at radius 3 is 2.76 bits per heavy atom. The number of aromatic amines is 1. The van der Waals surface area contributed by atoms with Gasteiger partial charge in [0.2, 0.25) is 0 Å². The van der Waals surface area contributed by atoms with Crippen molar-refractivity contribution < 1.29 is 0 Å². The van der Waals surface area contributed by atoms with Gasteiger partial charge in [-0.05, 0) is 86.9 Å². The molecule has 1 saturated heterocycles. The predicted octanol–water partition coefficient (Wildman–Crippen LogP) is 4.48. The molecule has 1 N–H and O–H groups in total. The maximum Gasteiger partial charge on any atom is 0.326 e. The highest BCUT2D eigenvalue weighted by atomic mass is 16.1. The quantitative estimate of drug-likeness (QED) is 0.504. The fourth-order valence-electron chi connectivity index (χ4n) is 6.16. The average molecular weight is 445 g/mol. The number of hydrogen-bond donors (Lipinski definition) is 1. The maximum atomic E-state index is 13.1. The molecular formula is C26H32N6O. The molecule has 0 spiro atoms. The number of aromatic nitrogens is 5. The van der Waals surface area contributed by atoms with Gasteiger partial charge in [-0.2, -0.15) is 5.10 Å². The molecule has 6 rings (SSSR count). The van der Waals surface area contributed by atoms with Gasteiger partial charge in [0.1, 0.15) is 6.33 Å². The highest BCUT2D eigenvalue weighted by Crippen LogP contribution is 2.32. The summed E-state index contributed by atoms with van der Waals surface area (Å²) < 4.78 is 3.85. The van der Waals surface area contributed by atoms with Crippen LogP contribution in [0.3, 0.4) is 0 Å². The molecule has 7 heteroatoms. The van der Waals surface area contributed by atoms with Crippen molar-refractivity contribution in [2.75, 3.05) is 19.6 Å². The summed E-state index contributed by atoms with van der Waals surface area (Å²) in [7, 11) is 0. The number of nitrogens with zero attached hydrogens (tertiary/aromatic N) is 5. The van der Waals surface area contributed by atoms with Crippen molar-refractivity contribution in [1.82, 2.24) is 29.0 Å². The zero-order valence-corrected chi connectivity index (χ0v) is 19.5. The molecule has 0 bridgehead atoms. The normalized spacial score (nSPS) is 20.4. The van der Waals surface area contributed by atoms with E-state index in [9.17, 15) is 4.79 Å². The number of pyridine rings is 1. The number of fused-ring (bicyclic) bond motifs is 2. The Balaban J connectivity index is 1.35. The summed E-state index contributed by atoms with van der Waals surface area (Å²) in [6, 6.07) is 6.69. The van der Waals surface area contributed by atoms with E-state index < -0.39 is 0 Å². The van der Waals surface area contributed by atoms with E-state index in [4.69, 9.17) is 0 Å². The second-order valence-corrected chi connectivity index (χ2v) is 10.1. The monoisotopic (exact) mass is 444 g/mol. The number of aryl methyl sites for hydroxylation is 2. The van der Waals surface area contributed by atoms with Gasteiger partial charge in [0.15, 0.2) is 5.65 Å². The molecule has 2 aliphatic rings. The summed E-state index contributed by atoms with van der Waals surface area (Å²) >= 11 is 0. The van der Waals surface area contributed by atoms with Crippen LogP contribution in [0.1, 0.15) is 55.7 Å². The van der Waals surface area contributed by atoms with Crippen LogP contribution in [0.15, 0.2) is 35.5 Å². The van der Waals surface area contributed by atoms with Gasteiger partial charge < -0.3 is 9.88 Å². The lowest BCUT2D eigenvalue weighted by Gasteiger charge is -2.34. The first kappa shape index (κ1) is 20.7. The Morgan fingerprint density at radius 2 is 1.91 bits per heavy atom. The zero-order valence-electron chi connectivity index (χ0n) is 19.5. The molecule has 1 atom stereocenters. The second-order valence-electron chi connectivity index (χ2n) is 10.1. The van der Waals surface area contributed by atoms with Crippen LogP contribution in [0.5, 0.6) is 0 Å². The van der Waals surface area contributed by atoms with Gasteiger partial charge in [-0.25, -0.2) is 14.3 Å². The van der Waals surface area contributed by atoms with Crippen molar-refractivity contribution in [3.63, 3.8) is 0 Å². The number of H-pyrrole nitrogens is 1. The molecular weight excluding hydrogens is 412 g/mol. The van der Waals surface area contributed by atoms with Crippen LogP contribution in [0, 0.1) is 19.8 Å². The van der Waals surface area contributed by atoms with E-state index in [1.165, 1.54) is 32.2 Å². The molecule has 1 aromatic carbocycles. The summed E-state index contributed by atoms with van der Waals surface area (Å²) in [6.45, 7) is 7.52. The van der Waals surface area contributed by atoms with Gasteiger partial charge in [-0.1, -0.05) is 12.8 Å². The van der Waals surface area contributed by atoms with Crippen molar-refractivity contribution in [3.8, 4) is 11.1 Å². The van der Waals surface area contributed by atoms with E-state index in [0.717, 1.165) is 70.8 Å². The molecule has 4 heterocycles. The third-order valence-corrected chi connectivity index (χ3v) is 7.77. The van der Waals surface area contributed by atoms with Crippen molar-refractivity contribution in [2.45, 2.75) is 58.4 Å². The van der Waals surface area contributed by atoms with Crippen LogP contribution in [0.2, 0.25) is 0 Å². The Labute approximate surface area is 193 Å². The summed E-state index contributed by atoms with van der Waals surface area (Å²) in [5.41, 5.74) is 7.25. The second kappa shape index (κ2) is 8.13.